The van der Waals surface area contributed by atoms with Crippen molar-refractivity contribution in [3.05, 3.63) is 70.2 Å². The van der Waals surface area contributed by atoms with E-state index in [0.717, 1.165) is 23.1 Å². The van der Waals surface area contributed by atoms with Crippen LogP contribution in [0.4, 0.5) is 5.69 Å². The predicted molar refractivity (Wildman–Crippen MR) is 123 cm³/mol. The van der Waals surface area contributed by atoms with Crippen molar-refractivity contribution in [2.24, 2.45) is 11.3 Å². The van der Waals surface area contributed by atoms with Crippen molar-refractivity contribution in [3.63, 3.8) is 0 Å². The van der Waals surface area contributed by atoms with Crippen molar-refractivity contribution in [1.29, 1.82) is 0 Å². The van der Waals surface area contributed by atoms with E-state index >= 15 is 0 Å². The average molecular weight is 498 g/mol. The maximum Gasteiger partial charge on any atom is 0.313 e. The Morgan fingerprint density at radius 1 is 1.22 bits per heavy atom. The van der Waals surface area contributed by atoms with Crippen molar-refractivity contribution in [2.45, 2.75) is 32.6 Å². The number of nitrogens with one attached hydrogen (secondary N) is 1. The number of cyclic esters (lactones) is 1. The highest BCUT2D eigenvalue weighted by Gasteiger charge is 2.55. The van der Waals surface area contributed by atoms with Gasteiger partial charge in [-0.25, -0.2) is 0 Å². The Kier molecular flexibility index (Phi) is 6.20. The summed E-state index contributed by atoms with van der Waals surface area (Å²) in [4.78, 5) is 36.0. The molecule has 2 atom stereocenters. The number of benzene rings is 2. The number of fused-ring (bicyclic) bond motifs is 1. The Labute approximate surface area is 195 Å². The number of amides is 1. The molecule has 2 fully saturated rings. The molecule has 1 amide bonds. The van der Waals surface area contributed by atoms with E-state index < -0.39 is 11.4 Å². The van der Waals surface area contributed by atoms with Crippen LogP contribution in [-0.2, 0) is 32.0 Å². The van der Waals surface area contributed by atoms with E-state index in [2.05, 4.69) is 27.8 Å². The number of allylic oxidation sites excluding steroid dienone is 1. The van der Waals surface area contributed by atoms with Gasteiger partial charge in [0.2, 0.25) is 5.91 Å². The van der Waals surface area contributed by atoms with Crippen LogP contribution in [0.5, 0.6) is 5.75 Å². The Balaban J connectivity index is 1.37. The molecule has 1 aliphatic carbocycles. The second kappa shape index (κ2) is 8.90. The number of carbonyl (C=O) groups excluding carboxylic acids is 3. The SMILES string of the molecule is C=C1CC2COC(=O)C2(Cc2ccc(NC(=O)Cc3ccc(OC(C)=O)c(Br)c3)cc2)C1. The number of carbonyl (C=O) groups is 3. The summed E-state index contributed by atoms with van der Waals surface area (Å²) in [6.07, 6.45) is 2.32. The zero-order valence-electron chi connectivity index (χ0n) is 17.8. The normalized spacial score (nSPS) is 21.8. The lowest BCUT2D eigenvalue weighted by molar-refractivity contribution is -0.146. The van der Waals surface area contributed by atoms with Crippen LogP contribution >= 0.6 is 15.9 Å². The molecule has 7 heteroatoms. The van der Waals surface area contributed by atoms with Gasteiger partial charge in [0.05, 0.1) is 22.9 Å². The molecule has 2 aliphatic rings. The lowest BCUT2D eigenvalue weighted by Crippen LogP contribution is -2.31. The first kappa shape index (κ1) is 22.3. The van der Waals surface area contributed by atoms with Crippen molar-refractivity contribution in [2.75, 3.05) is 11.9 Å². The molecule has 1 saturated carbocycles. The highest BCUT2D eigenvalue weighted by molar-refractivity contribution is 9.10. The van der Waals surface area contributed by atoms with Crippen LogP contribution in [-0.4, -0.2) is 24.5 Å². The summed E-state index contributed by atoms with van der Waals surface area (Å²) >= 11 is 3.36. The van der Waals surface area contributed by atoms with Gasteiger partial charge in [-0.2, -0.15) is 0 Å². The molecule has 2 aromatic carbocycles. The highest BCUT2D eigenvalue weighted by atomic mass is 79.9. The highest BCUT2D eigenvalue weighted by Crippen LogP contribution is 2.52. The van der Waals surface area contributed by atoms with E-state index in [-0.39, 0.29) is 24.2 Å². The molecule has 2 unspecified atom stereocenters. The van der Waals surface area contributed by atoms with Gasteiger partial charge in [-0.05, 0) is 70.6 Å². The molecule has 4 rings (SSSR count). The van der Waals surface area contributed by atoms with Crippen molar-refractivity contribution < 1.29 is 23.9 Å². The first-order valence-corrected chi connectivity index (χ1v) is 11.2. The van der Waals surface area contributed by atoms with Crippen molar-refractivity contribution in [1.82, 2.24) is 0 Å². The fourth-order valence-electron chi connectivity index (χ4n) is 4.62. The van der Waals surface area contributed by atoms with Gasteiger partial charge < -0.3 is 14.8 Å². The first-order chi connectivity index (χ1) is 15.2. The smallest absolute Gasteiger partial charge is 0.313 e. The Morgan fingerprint density at radius 2 is 1.94 bits per heavy atom. The zero-order valence-corrected chi connectivity index (χ0v) is 19.4. The topological polar surface area (TPSA) is 81.7 Å². The molecule has 0 radical (unpaired) electrons. The summed E-state index contributed by atoms with van der Waals surface area (Å²) in [5.41, 5.74) is 3.13. The second-order valence-corrected chi connectivity index (χ2v) is 9.39. The minimum Gasteiger partial charge on any atom is -0.465 e. The molecule has 166 valence electrons. The van der Waals surface area contributed by atoms with E-state index in [4.69, 9.17) is 9.47 Å². The minimum absolute atomic E-state index is 0.121. The molecule has 1 N–H and O–H groups in total. The summed E-state index contributed by atoms with van der Waals surface area (Å²) in [7, 11) is 0. The van der Waals surface area contributed by atoms with Crippen LogP contribution in [0, 0.1) is 11.3 Å². The third-order valence-corrected chi connectivity index (χ3v) is 6.70. The Morgan fingerprint density at radius 3 is 2.62 bits per heavy atom. The van der Waals surface area contributed by atoms with Crippen LogP contribution in [0.15, 0.2) is 59.1 Å². The number of ether oxygens (including phenoxy) is 2. The van der Waals surface area contributed by atoms with E-state index in [0.29, 0.717) is 35.4 Å². The molecular weight excluding hydrogens is 474 g/mol. The number of hydrogen-bond acceptors (Lipinski definition) is 5. The quantitative estimate of drug-likeness (QED) is 0.358. The number of esters is 2. The van der Waals surface area contributed by atoms with Crippen LogP contribution < -0.4 is 10.1 Å². The lowest BCUT2D eigenvalue weighted by atomic mass is 9.75. The molecule has 32 heavy (non-hydrogen) atoms. The van der Waals surface area contributed by atoms with Gasteiger partial charge in [0.1, 0.15) is 5.75 Å². The van der Waals surface area contributed by atoms with Gasteiger partial charge in [-0.1, -0.05) is 30.4 Å². The number of rotatable bonds is 6. The maximum atomic E-state index is 12.5. The Bertz CT molecular complexity index is 1090. The molecule has 1 saturated heterocycles. The van der Waals surface area contributed by atoms with Crippen molar-refractivity contribution >= 4 is 39.5 Å². The van der Waals surface area contributed by atoms with E-state index in [1.165, 1.54) is 6.92 Å². The third kappa shape index (κ3) is 4.63. The van der Waals surface area contributed by atoms with Gasteiger partial charge in [-0.3, -0.25) is 14.4 Å². The predicted octanol–water partition coefficient (Wildman–Crippen LogP) is 4.61. The molecular formula is C25H24BrNO5. The standard InChI is InChI=1S/C25H24BrNO5/c1-15-9-19-14-31-24(30)25(19,12-15)13-17-3-6-20(7-4-17)27-23(29)11-18-5-8-22(21(26)10-18)32-16(2)28/h3-8,10,19H,1,9,11-14H2,2H3,(H,27,29). The van der Waals surface area contributed by atoms with E-state index in [1.54, 1.807) is 18.2 Å². The van der Waals surface area contributed by atoms with Crippen LogP contribution in [0.25, 0.3) is 0 Å². The van der Waals surface area contributed by atoms with E-state index in [9.17, 15) is 14.4 Å². The Hall–Kier alpha value is -2.93. The summed E-state index contributed by atoms with van der Waals surface area (Å²) < 4.78 is 11.0. The number of anilines is 1. The zero-order chi connectivity index (χ0) is 22.9. The monoisotopic (exact) mass is 497 g/mol. The van der Waals surface area contributed by atoms with Gasteiger partial charge in [0.25, 0.3) is 0 Å². The molecule has 0 bridgehead atoms. The largest absolute Gasteiger partial charge is 0.465 e. The maximum absolute atomic E-state index is 12.5. The summed E-state index contributed by atoms with van der Waals surface area (Å²) in [6, 6.07) is 12.7. The van der Waals surface area contributed by atoms with Gasteiger partial charge in [0, 0.05) is 18.5 Å². The van der Waals surface area contributed by atoms with Gasteiger partial charge >= 0.3 is 11.9 Å². The molecule has 2 aromatic rings. The minimum atomic E-state index is -0.493. The van der Waals surface area contributed by atoms with Crippen LogP contribution in [0.3, 0.4) is 0 Å². The molecule has 0 spiro atoms. The van der Waals surface area contributed by atoms with E-state index in [1.807, 2.05) is 24.3 Å². The summed E-state index contributed by atoms with van der Waals surface area (Å²) in [5, 5.41) is 2.89. The fourth-order valence-corrected chi connectivity index (χ4v) is 5.12. The van der Waals surface area contributed by atoms with Crippen LogP contribution in [0.2, 0.25) is 0 Å². The van der Waals surface area contributed by atoms with Crippen molar-refractivity contribution in [3.8, 4) is 5.75 Å². The number of hydrogen-bond donors (Lipinski definition) is 1. The summed E-state index contributed by atoms with van der Waals surface area (Å²) in [5.74, 6) is -0.0683. The first-order valence-electron chi connectivity index (χ1n) is 10.4. The molecule has 1 aliphatic heterocycles. The second-order valence-electron chi connectivity index (χ2n) is 8.54. The third-order valence-electron chi connectivity index (χ3n) is 6.08. The molecule has 6 nitrogen and oxygen atoms in total. The summed E-state index contributed by atoms with van der Waals surface area (Å²) in [6.45, 7) is 5.89. The molecule has 1 heterocycles. The number of halogens is 1. The fraction of sp³-hybridized carbons (Fsp3) is 0.320. The van der Waals surface area contributed by atoms with Gasteiger partial charge in [-0.15, -0.1) is 0 Å². The molecule has 0 aromatic heterocycles. The lowest BCUT2D eigenvalue weighted by Gasteiger charge is -2.24. The van der Waals surface area contributed by atoms with Gasteiger partial charge in [0.15, 0.2) is 0 Å². The average Bonchev–Trinajstić information content (AvgIpc) is 3.19. The van der Waals surface area contributed by atoms with Crippen LogP contribution in [0.1, 0.15) is 30.9 Å².